The Hall–Kier alpha value is -1.43. The predicted octanol–water partition coefficient (Wildman–Crippen LogP) is 1.66. The van der Waals surface area contributed by atoms with Crippen LogP contribution in [0.15, 0.2) is 24.3 Å². The van der Waals surface area contributed by atoms with E-state index in [4.69, 9.17) is 10.5 Å². The van der Waals surface area contributed by atoms with Gasteiger partial charge in [0.15, 0.2) is 0 Å². The summed E-state index contributed by atoms with van der Waals surface area (Å²) in [7, 11) is 0. The molecule has 1 saturated heterocycles. The van der Waals surface area contributed by atoms with E-state index in [1.54, 1.807) is 0 Å². The quantitative estimate of drug-likeness (QED) is 0.865. The highest BCUT2D eigenvalue weighted by atomic mass is 32.1. The van der Waals surface area contributed by atoms with E-state index in [-0.39, 0.29) is 12.0 Å². The standard InChI is InChI=1S/C13H14N2O2S/c14-13(16)12-11(9-7-15-5-6-17-9)8-3-1-2-4-10(8)18-12/h1-4,9,15H,5-7H2,(H2,14,16). The maximum atomic E-state index is 11.6. The van der Waals surface area contributed by atoms with Crippen molar-refractivity contribution in [3.8, 4) is 0 Å². The molecule has 0 radical (unpaired) electrons. The second-order valence-corrected chi connectivity index (χ2v) is 5.32. The average Bonchev–Trinajstić information content (AvgIpc) is 2.79. The lowest BCUT2D eigenvalue weighted by molar-refractivity contribution is 0.0283. The number of rotatable bonds is 2. The Morgan fingerprint density at radius 1 is 1.44 bits per heavy atom. The zero-order valence-corrected chi connectivity index (χ0v) is 10.6. The van der Waals surface area contributed by atoms with Crippen LogP contribution in [0.5, 0.6) is 0 Å². The Bertz CT molecular complexity index is 588. The molecule has 2 heterocycles. The average molecular weight is 262 g/mol. The number of fused-ring (bicyclic) bond motifs is 1. The largest absolute Gasteiger partial charge is 0.371 e. The van der Waals surface area contributed by atoms with Crippen LogP contribution >= 0.6 is 11.3 Å². The van der Waals surface area contributed by atoms with Crippen molar-refractivity contribution in [1.29, 1.82) is 0 Å². The lowest BCUT2D eigenvalue weighted by Gasteiger charge is -2.24. The van der Waals surface area contributed by atoms with Gasteiger partial charge in [0.25, 0.3) is 5.91 Å². The van der Waals surface area contributed by atoms with Gasteiger partial charge in [-0.1, -0.05) is 18.2 Å². The fraction of sp³-hybridized carbons (Fsp3) is 0.308. The highest BCUT2D eigenvalue weighted by Gasteiger charge is 2.25. The van der Waals surface area contributed by atoms with Crippen molar-refractivity contribution in [3.05, 3.63) is 34.7 Å². The van der Waals surface area contributed by atoms with Crippen LogP contribution in [0.1, 0.15) is 21.3 Å². The van der Waals surface area contributed by atoms with Crippen LogP contribution in [0.4, 0.5) is 0 Å². The third-order valence-electron chi connectivity index (χ3n) is 3.11. The van der Waals surface area contributed by atoms with Crippen molar-refractivity contribution in [3.63, 3.8) is 0 Å². The molecule has 0 saturated carbocycles. The lowest BCUT2D eigenvalue weighted by Crippen LogP contribution is -2.34. The second kappa shape index (κ2) is 4.68. The molecule has 1 fully saturated rings. The summed E-state index contributed by atoms with van der Waals surface area (Å²) in [5, 5.41) is 4.36. The highest BCUT2D eigenvalue weighted by Crippen LogP contribution is 2.36. The van der Waals surface area contributed by atoms with Crippen molar-refractivity contribution in [2.45, 2.75) is 6.10 Å². The molecule has 3 rings (SSSR count). The Labute approximate surface area is 109 Å². The summed E-state index contributed by atoms with van der Waals surface area (Å²) in [6, 6.07) is 7.96. The van der Waals surface area contributed by atoms with Crippen LogP contribution in [0, 0.1) is 0 Å². The number of thiophene rings is 1. The van der Waals surface area contributed by atoms with Gasteiger partial charge in [0.1, 0.15) is 0 Å². The van der Waals surface area contributed by atoms with Gasteiger partial charge in [0.05, 0.1) is 17.6 Å². The first kappa shape index (κ1) is 11.6. The molecule has 1 amide bonds. The van der Waals surface area contributed by atoms with E-state index in [1.165, 1.54) is 11.3 Å². The Balaban J connectivity index is 2.17. The number of hydrogen-bond donors (Lipinski definition) is 2. The van der Waals surface area contributed by atoms with Crippen LogP contribution in [-0.2, 0) is 4.74 Å². The van der Waals surface area contributed by atoms with Crippen molar-refractivity contribution in [1.82, 2.24) is 5.32 Å². The van der Waals surface area contributed by atoms with E-state index in [9.17, 15) is 4.79 Å². The summed E-state index contributed by atoms with van der Waals surface area (Å²) < 4.78 is 6.84. The number of nitrogens with two attached hydrogens (primary N) is 1. The third kappa shape index (κ3) is 1.90. The van der Waals surface area contributed by atoms with Gasteiger partial charge < -0.3 is 15.8 Å². The monoisotopic (exact) mass is 262 g/mol. The van der Waals surface area contributed by atoms with E-state index in [0.29, 0.717) is 11.5 Å². The second-order valence-electron chi connectivity index (χ2n) is 4.27. The number of benzene rings is 1. The van der Waals surface area contributed by atoms with Crippen molar-refractivity contribution < 1.29 is 9.53 Å². The van der Waals surface area contributed by atoms with Gasteiger partial charge in [-0.3, -0.25) is 4.79 Å². The van der Waals surface area contributed by atoms with Gasteiger partial charge >= 0.3 is 0 Å². The van der Waals surface area contributed by atoms with Gasteiger partial charge in [-0.05, 0) is 11.5 Å². The number of hydrogen-bond acceptors (Lipinski definition) is 4. The maximum Gasteiger partial charge on any atom is 0.259 e. The number of morpholine rings is 1. The highest BCUT2D eigenvalue weighted by molar-refractivity contribution is 7.21. The smallest absolute Gasteiger partial charge is 0.259 e. The van der Waals surface area contributed by atoms with E-state index >= 15 is 0 Å². The molecule has 1 unspecified atom stereocenters. The fourth-order valence-corrected chi connectivity index (χ4v) is 3.43. The van der Waals surface area contributed by atoms with Gasteiger partial charge in [0, 0.05) is 23.4 Å². The Morgan fingerprint density at radius 2 is 2.28 bits per heavy atom. The van der Waals surface area contributed by atoms with E-state index < -0.39 is 0 Å². The summed E-state index contributed by atoms with van der Waals surface area (Å²) in [5.74, 6) is -0.375. The summed E-state index contributed by atoms with van der Waals surface area (Å²) in [6.45, 7) is 2.23. The summed E-state index contributed by atoms with van der Waals surface area (Å²) in [5.41, 5.74) is 6.42. The molecule has 1 atom stereocenters. The van der Waals surface area contributed by atoms with Crippen LogP contribution in [0.2, 0.25) is 0 Å². The van der Waals surface area contributed by atoms with E-state index in [2.05, 4.69) is 5.32 Å². The molecule has 1 aromatic heterocycles. The molecular formula is C13H14N2O2S. The number of ether oxygens (including phenoxy) is 1. The number of amides is 1. The minimum absolute atomic E-state index is 0.0857. The Kier molecular flexibility index (Phi) is 3.03. The molecule has 18 heavy (non-hydrogen) atoms. The normalized spacial score (nSPS) is 20.1. The molecule has 5 heteroatoms. The first-order valence-electron chi connectivity index (χ1n) is 5.91. The Morgan fingerprint density at radius 3 is 3.00 bits per heavy atom. The SMILES string of the molecule is NC(=O)c1sc2ccccc2c1C1CNCCO1. The number of primary amides is 1. The molecule has 0 bridgehead atoms. The number of carbonyl (C=O) groups is 1. The predicted molar refractivity (Wildman–Crippen MR) is 71.9 cm³/mol. The van der Waals surface area contributed by atoms with Gasteiger partial charge in [-0.2, -0.15) is 0 Å². The summed E-state index contributed by atoms with van der Waals surface area (Å²) >= 11 is 1.44. The molecule has 4 nitrogen and oxygen atoms in total. The van der Waals surface area contributed by atoms with Gasteiger partial charge in [0.2, 0.25) is 0 Å². The molecule has 94 valence electrons. The minimum Gasteiger partial charge on any atom is -0.371 e. The first-order chi connectivity index (χ1) is 8.77. The van der Waals surface area contributed by atoms with Crippen LogP contribution in [-0.4, -0.2) is 25.6 Å². The van der Waals surface area contributed by atoms with E-state index in [0.717, 1.165) is 28.7 Å². The summed E-state index contributed by atoms with van der Waals surface area (Å²) in [4.78, 5) is 12.2. The van der Waals surface area contributed by atoms with Gasteiger partial charge in [-0.15, -0.1) is 11.3 Å². The van der Waals surface area contributed by atoms with Crippen LogP contribution < -0.4 is 11.1 Å². The molecule has 3 N–H and O–H groups in total. The first-order valence-corrected chi connectivity index (χ1v) is 6.72. The molecule has 1 aliphatic heterocycles. The van der Waals surface area contributed by atoms with Crippen LogP contribution in [0.25, 0.3) is 10.1 Å². The van der Waals surface area contributed by atoms with Gasteiger partial charge in [-0.25, -0.2) is 0 Å². The minimum atomic E-state index is -0.375. The van der Waals surface area contributed by atoms with Crippen LogP contribution in [0.3, 0.4) is 0 Å². The zero-order chi connectivity index (χ0) is 12.5. The molecule has 0 aliphatic carbocycles. The van der Waals surface area contributed by atoms with Crippen molar-refractivity contribution in [2.24, 2.45) is 5.73 Å². The van der Waals surface area contributed by atoms with Crippen molar-refractivity contribution in [2.75, 3.05) is 19.7 Å². The fourth-order valence-electron chi connectivity index (χ4n) is 2.32. The molecular weight excluding hydrogens is 248 g/mol. The number of nitrogens with one attached hydrogen (secondary N) is 1. The third-order valence-corrected chi connectivity index (χ3v) is 4.31. The zero-order valence-electron chi connectivity index (χ0n) is 9.81. The van der Waals surface area contributed by atoms with Crippen molar-refractivity contribution >= 4 is 27.3 Å². The molecule has 2 aromatic rings. The van der Waals surface area contributed by atoms with E-state index in [1.807, 2.05) is 24.3 Å². The lowest BCUT2D eigenvalue weighted by atomic mass is 10.0. The number of carbonyl (C=O) groups excluding carboxylic acids is 1. The molecule has 1 aliphatic rings. The molecule has 0 spiro atoms. The summed E-state index contributed by atoms with van der Waals surface area (Å²) in [6.07, 6.45) is -0.0857. The maximum absolute atomic E-state index is 11.6. The topological polar surface area (TPSA) is 64.4 Å². The molecule has 1 aromatic carbocycles.